The van der Waals surface area contributed by atoms with E-state index in [1.807, 2.05) is 170 Å². The number of anilines is 5. The van der Waals surface area contributed by atoms with Crippen molar-refractivity contribution in [3.8, 4) is 11.1 Å². The zero-order valence-electron chi connectivity index (χ0n) is 43.4. The lowest BCUT2D eigenvalue weighted by Gasteiger charge is -2.37. The molecule has 0 spiro atoms. The zero-order chi connectivity index (χ0) is 50.1. The first kappa shape index (κ1) is 33.8. The summed E-state index contributed by atoms with van der Waals surface area (Å²) >= 11 is 0. The average Bonchev–Trinajstić information content (AvgIpc) is 3.75. The summed E-state index contributed by atoms with van der Waals surface area (Å²) in [7, 11) is 0. The molecule has 0 saturated heterocycles. The van der Waals surface area contributed by atoms with Gasteiger partial charge in [-0.25, -0.2) is 0 Å². The number of allylic oxidation sites excluding steroid dienone is 4. The molecule has 0 aromatic heterocycles. The maximum atomic E-state index is 10.7. The monoisotopic (exact) mass is 845 g/mol. The first-order valence-corrected chi connectivity index (χ1v) is 22.5. The van der Waals surface area contributed by atoms with Gasteiger partial charge in [0.1, 0.15) is 0 Å². The van der Waals surface area contributed by atoms with Crippen LogP contribution in [0.15, 0.2) is 250 Å². The van der Waals surface area contributed by atoms with Crippen LogP contribution in [-0.2, 0) is 18.3 Å². The Balaban J connectivity index is 1.23. The topological polar surface area (TPSA) is 6.48 Å². The SMILES string of the molecule is [2H]c1c([2H])c(N(c2c([2H])c([2H])c(N(c3ccccc3)c3ccccc3)c([2H])c2[2H])C2C=CC(c3ccc(CCC=C)c(CCC=C)c3)=CC2)c([2H])c2c1-c1ccccc1C2(c1ccccc1)c1ccccc1. The molecule has 316 valence electrons. The first-order chi connectivity index (χ1) is 35.1. The van der Waals surface area contributed by atoms with Crippen LogP contribution >= 0.6 is 0 Å². The smallest absolute Gasteiger partial charge is 0.0714 e. The summed E-state index contributed by atoms with van der Waals surface area (Å²) in [6, 6.07) is 50.9. The quantitative estimate of drug-likeness (QED) is 0.0949. The number of benzene rings is 8. The highest BCUT2D eigenvalue weighted by molar-refractivity contribution is 5.89. The van der Waals surface area contributed by atoms with Crippen molar-refractivity contribution >= 4 is 34.0 Å². The van der Waals surface area contributed by atoms with Crippen LogP contribution in [0.4, 0.5) is 28.4 Å². The molecule has 1 unspecified atom stereocenters. The maximum absolute atomic E-state index is 10.7. The van der Waals surface area contributed by atoms with Gasteiger partial charge in [0.2, 0.25) is 0 Å². The van der Waals surface area contributed by atoms with Crippen molar-refractivity contribution in [3.63, 3.8) is 0 Å². The van der Waals surface area contributed by atoms with E-state index in [-0.39, 0.29) is 59.4 Å². The van der Waals surface area contributed by atoms with Crippen LogP contribution in [0.1, 0.15) is 67.8 Å². The normalized spacial score (nSPS) is 16.0. The highest BCUT2D eigenvalue weighted by Gasteiger charge is 2.46. The second-order valence-corrected chi connectivity index (χ2v) is 16.5. The summed E-state index contributed by atoms with van der Waals surface area (Å²) in [6.45, 7) is 7.91. The van der Waals surface area contributed by atoms with Crippen LogP contribution in [-0.4, -0.2) is 6.04 Å². The Labute approximate surface area is 395 Å². The highest BCUT2D eigenvalue weighted by Crippen LogP contribution is 2.57. The molecule has 0 heterocycles. The lowest BCUT2D eigenvalue weighted by Crippen LogP contribution is -2.31. The van der Waals surface area contributed by atoms with E-state index in [0.29, 0.717) is 28.9 Å². The van der Waals surface area contributed by atoms with E-state index >= 15 is 0 Å². The predicted molar refractivity (Wildman–Crippen MR) is 276 cm³/mol. The fourth-order valence-corrected chi connectivity index (χ4v) is 9.65. The van der Waals surface area contributed by atoms with E-state index in [0.717, 1.165) is 59.1 Å². The zero-order valence-corrected chi connectivity index (χ0v) is 36.4. The third-order valence-electron chi connectivity index (χ3n) is 12.7. The molecule has 0 saturated carbocycles. The molecule has 0 aliphatic heterocycles. The molecule has 0 bridgehead atoms. The molecule has 2 aliphatic rings. The molecule has 2 nitrogen and oxygen atoms in total. The summed E-state index contributed by atoms with van der Waals surface area (Å²) in [5.74, 6) is 0. The van der Waals surface area contributed by atoms with Crippen molar-refractivity contribution in [2.45, 2.75) is 43.6 Å². The molecule has 65 heavy (non-hydrogen) atoms. The van der Waals surface area contributed by atoms with Crippen molar-refractivity contribution < 1.29 is 9.60 Å². The van der Waals surface area contributed by atoms with Gasteiger partial charge in [-0.2, -0.15) is 0 Å². The molecule has 0 amide bonds. The highest BCUT2D eigenvalue weighted by atomic mass is 15.2. The van der Waals surface area contributed by atoms with E-state index in [1.54, 1.807) is 9.80 Å². The molecular weight excluding hydrogens is 785 g/mol. The second-order valence-electron chi connectivity index (χ2n) is 16.5. The fraction of sp³-hybridized carbons (Fsp3) is 0.111. The Morgan fingerprint density at radius 1 is 0.538 bits per heavy atom. The number of rotatable bonds is 15. The molecular formula is C63H54N2. The van der Waals surface area contributed by atoms with Crippen molar-refractivity contribution in [1.82, 2.24) is 0 Å². The molecule has 8 aromatic carbocycles. The molecule has 2 aliphatic carbocycles. The lowest BCUT2D eigenvalue weighted by atomic mass is 9.67. The number of nitrogens with zero attached hydrogens (tertiary/aromatic N) is 2. The lowest BCUT2D eigenvalue weighted by molar-refractivity contribution is 0.761. The standard InChI is InChI=1S/C63H54N2/c1-3-5-21-47-33-34-50(45-49(47)22-6-4-2)48-35-37-55(38-36-48)65(57-41-39-56(40-42-57)64(53-27-15-9-16-28-53)54-29-17-10-18-30-54)58-43-44-60-59-31-19-20-32-61(59)63(62(60)46-58,51-23-11-7-12-24-51)52-25-13-8-14-26-52/h3-4,7-20,23-37,39-46,55H,1-2,5-6,21-22,38H2/i39D,40D,41D,42D,43D,44D,46D. The van der Waals surface area contributed by atoms with Gasteiger partial charge < -0.3 is 9.80 Å². The van der Waals surface area contributed by atoms with Crippen LogP contribution < -0.4 is 9.80 Å². The van der Waals surface area contributed by atoms with E-state index < -0.39 is 11.5 Å². The Morgan fingerprint density at radius 2 is 1.09 bits per heavy atom. The average molecular weight is 846 g/mol. The van der Waals surface area contributed by atoms with Gasteiger partial charge in [-0.3, -0.25) is 0 Å². The molecule has 0 N–H and O–H groups in total. The number of hydrogen-bond donors (Lipinski definition) is 0. The Bertz CT molecular complexity index is 3300. The number of aryl methyl sites for hydroxylation is 2. The van der Waals surface area contributed by atoms with Gasteiger partial charge >= 0.3 is 0 Å². The Hall–Kier alpha value is -7.68. The van der Waals surface area contributed by atoms with Crippen molar-refractivity contribution in [3.05, 3.63) is 289 Å². The summed E-state index contributed by atoms with van der Waals surface area (Å²) in [6.07, 6.45) is 13.8. The van der Waals surface area contributed by atoms with Gasteiger partial charge in [0.25, 0.3) is 0 Å². The van der Waals surface area contributed by atoms with Crippen molar-refractivity contribution in [2.75, 3.05) is 9.80 Å². The van der Waals surface area contributed by atoms with Crippen LogP contribution in [0.3, 0.4) is 0 Å². The largest absolute Gasteiger partial charge is 0.334 e. The first-order valence-electron chi connectivity index (χ1n) is 26.0. The number of hydrogen-bond acceptors (Lipinski definition) is 2. The molecule has 8 aromatic rings. The van der Waals surface area contributed by atoms with Gasteiger partial charge in [-0.1, -0.05) is 176 Å². The minimum Gasteiger partial charge on any atom is -0.334 e. The molecule has 10 rings (SSSR count). The van der Waals surface area contributed by atoms with E-state index in [4.69, 9.17) is 0 Å². The molecule has 2 heteroatoms. The predicted octanol–water partition coefficient (Wildman–Crippen LogP) is 16.3. The van der Waals surface area contributed by atoms with E-state index in [9.17, 15) is 9.60 Å². The molecule has 1 atom stereocenters. The molecule has 0 fully saturated rings. The van der Waals surface area contributed by atoms with E-state index in [2.05, 4.69) is 37.4 Å². The van der Waals surface area contributed by atoms with Gasteiger partial charge in [0.15, 0.2) is 0 Å². The maximum Gasteiger partial charge on any atom is 0.0714 e. The van der Waals surface area contributed by atoms with Gasteiger partial charge in [-0.15, -0.1) is 13.2 Å². The van der Waals surface area contributed by atoms with E-state index in [1.165, 1.54) is 11.1 Å². The van der Waals surface area contributed by atoms with Crippen LogP contribution in [0.2, 0.25) is 0 Å². The summed E-state index contributed by atoms with van der Waals surface area (Å²) in [4.78, 5) is 3.40. The van der Waals surface area contributed by atoms with Crippen LogP contribution in [0.5, 0.6) is 0 Å². The summed E-state index contributed by atoms with van der Waals surface area (Å²) in [5.41, 5.74) is 9.16. The number of para-hydroxylation sites is 2. The second kappa shape index (κ2) is 18.6. The Kier molecular flexibility index (Phi) is 9.67. The van der Waals surface area contributed by atoms with Crippen molar-refractivity contribution in [2.24, 2.45) is 0 Å². The van der Waals surface area contributed by atoms with Gasteiger partial charge in [0, 0.05) is 28.4 Å². The fourth-order valence-electron chi connectivity index (χ4n) is 9.65. The van der Waals surface area contributed by atoms with Crippen molar-refractivity contribution in [1.29, 1.82) is 0 Å². The summed E-state index contributed by atoms with van der Waals surface area (Å²) < 4.78 is 70.6. The van der Waals surface area contributed by atoms with Crippen LogP contribution in [0.25, 0.3) is 16.7 Å². The minimum absolute atomic E-state index is 0.0313. The summed E-state index contributed by atoms with van der Waals surface area (Å²) in [5, 5.41) is 0. The third-order valence-corrected chi connectivity index (χ3v) is 12.7. The minimum atomic E-state index is -1.10. The number of fused-ring (bicyclic) bond motifs is 3. The van der Waals surface area contributed by atoms with Gasteiger partial charge in [-0.05, 0) is 148 Å². The van der Waals surface area contributed by atoms with Gasteiger partial charge in [0.05, 0.1) is 21.1 Å². The third kappa shape index (κ3) is 7.87. The molecule has 0 radical (unpaired) electrons. The Morgan fingerprint density at radius 3 is 1.69 bits per heavy atom. The van der Waals surface area contributed by atoms with Crippen LogP contribution in [0, 0.1) is 0 Å².